The van der Waals surface area contributed by atoms with Crippen LogP contribution in [0, 0.1) is 12.7 Å². The number of benzene rings is 1. The lowest BCUT2D eigenvalue weighted by atomic mass is 10.1. The van der Waals surface area contributed by atoms with Gasteiger partial charge in [-0.1, -0.05) is 12.1 Å². The SMILES string of the molecule is CN=C(NC[C@H]1CCCN1S(C)(=O)=O)NC(C)c1ccc(C)c(F)c1. The van der Waals surface area contributed by atoms with E-state index in [1.54, 1.807) is 20.0 Å². The van der Waals surface area contributed by atoms with Crippen molar-refractivity contribution in [3.05, 3.63) is 35.1 Å². The molecule has 6 nitrogen and oxygen atoms in total. The van der Waals surface area contributed by atoms with Crippen LogP contribution in [0.15, 0.2) is 23.2 Å². The van der Waals surface area contributed by atoms with E-state index in [1.165, 1.54) is 16.6 Å². The number of hydrogen-bond donors (Lipinski definition) is 2. The van der Waals surface area contributed by atoms with Crippen LogP contribution in [-0.2, 0) is 10.0 Å². The minimum absolute atomic E-state index is 0.0688. The molecule has 1 aromatic rings. The first-order valence-electron chi connectivity index (χ1n) is 8.42. The van der Waals surface area contributed by atoms with Gasteiger partial charge in [0.1, 0.15) is 5.82 Å². The smallest absolute Gasteiger partial charge is 0.211 e. The maximum atomic E-state index is 13.7. The molecule has 1 fully saturated rings. The summed E-state index contributed by atoms with van der Waals surface area (Å²) in [5.74, 6) is 0.331. The van der Waals surface area contributed by atoms with Crippen molar-refractivity contribution in [2.45, 2.75) is 38.8 Å². The molecule has 0 aliphatic carbocycles. The Hall–Kier alpha value is -1.67. The molecule has 0 amide bonds. The molecule has 2 atom stereocenters. The molecule has 140 valence electrons. The van der Waals surface area contributed by atoms with E-state index in [1.807, 2.05) is 13.0 Å². The minimum Gasteiger partial charge on any atom is -0.355 e. The van der Waals surface area contributed by atoms with Gasteiger partial charge in [-0.3, -0.25) is 4.99 Å². The molecule has 2 rings (SSSR count). The number of sulfonamides is 1. The first-order chi connectivity index (χ1) is 11.7. The van der Waals surface area contributed by atoms with E-state index in [9.17, 15) is 12.8 Å². The molecule has 1 aliphatic rings. The third kappa shape index (κ3) is 5.15. The van der Waals surface area contributed by atoms with Gasteiger partial charge in [0, 0.05) is 26.2 Å². The van der Waals surface area contributed by atoms with Crippen molar-refractivity contribution in [1.82, 2.24) is 14.9 Å². The van der Waals surface area contributed by atoms with E-state index in [4.69, 9.17) is 0 Å². The highest BCUT2D eigenvalue weighted by molar-refractivity contribution is 7.88. The molecule has 0 aromatic heterocycles. The van der Waals surface area contributed by atoms with Crippen LogP contribution in [0.25, 0.3) is 0 Å². The van der Waals surface area contributed by atoms with Crippen molar-refractivity contribution in [2.75, 3.05) is 26.4 Å². The third-order valence-corrected chi connectivity index (χ3v) is 5.86. The topological polar surface area (TPSA) is 73.8 Å². The Morgan fingerprint density at radius 2 is 2.20 bits per heavy atom. The van der Waals surface area contributed by atoms with E-state index >= 15 is 0 Å². The molecule has 1 saturated heterocycles. The lowest BCUT2D eigenvalue weighted by Crippen LogP contribution is -2.46. The average molecular weight is 370 g/mol. The van der Waals surface area contributed by atoms with Gasteiger partial charge in [0.2, 0.25) is 10.0 Å². The zero-order valence-electron chi connectivity index (χ0n) is 15.2. The van der Waals surface area contributed by atoms with Gasteiger partial charge >= 0.3 is 0 Å². The van der Waals surface area contributed by atoms with Gasteiger partial charge in [-0.25, -0.2) is 12.8 Å². The van der Waals surface area contributed by atoms with Crippen molar-refractivity contribution in [3.63, 3.8) is 0 Å². The second-order valence-corrected chi connectivity index (χ2v) is 8.43. The number of rotatable bonds is 5. The van der Waals surface area contributed by atoms with E-state index in [0.29, 0.717) is 24.6 Å². The highest BCUT2D eigenvalue weighted by Gasteiger charge is 2.31. The number of halogens is 1. The summed E-state index contributed by atoms with van der Waals surface area (Å²) in [5.41, 5.74) is 1.44. The van der Waals surface area contributed by atoms with Gasteiger partial charge in [0.15, 0.2) is 5.96 Å². The van der Waals surface area contributed by atoms with Gasteiger partial charge in [0.25, 0.3) is 0 Å². The number of guanidine groups is 1. The van der Waals surface area contributed by atoms with Crippen LogP contribution in [0.2, 0.25) is 0 Å². The summed E-state index contributed by atoms with van der Waals surface area (Å²) in [6.45, 7) is 4.71. The Kier molecular flexibility index (Phi) is 6.40. The van der Waals surface area contributed by atoms with Crippen LogP contribution < -0.4 is 10.6 Å². The molecule has 0 radical (unpaired) electrons. The van der Waals surface area contributed by atoms with E-state index < -0.39 is 10.0 Å². The summed E-state index contributed by atoms with van der Waals surface area (Å²) in [6.07, 6.45) is 2.94. The summed E-state index contributed by atoms with van der Waals surface area (Å²) < 4.78 is 38.9. The maximum Gasteiger partial charge on any atom is 0.211 e. The van der Waals surface area contributed by atoms with Crippen molar-refractivity contribution in [3.8, 4) is 0 Å². The number of aryl methyl sites for hydroxylation is 1. The van der Waals surface area contributed by atoms with Crippen molar-refractivity contribution < 1.29 is 12.8 Å². The fourth-order valence-electron chi connectivity index (χ4n) is 3.03. The highest BCUT2D eigenvalue weighted by atomic mass is 32.2. The number of nitrogens with zero attached hydrogens (tertiary/aromatic N) is 2. The normalized spacial score (nSPS) is 20.5. The molecule has 0 bridgehead atoms. The summed E-state index contributed by atoms with van der Waals surface area (Å²) in [7, 11) is -1.54. The van der Waals surface area contributed by atoms with Crippen molar-refractivity contribution in [2.24, 2.45) is 4.99 Å². The second-order valence-electron chi connectivity index (χ2n) is 6.50. The number of nitrogens with one attached hydrogen (secondary N) is 2. The summed E-state index contributed by atoms with van der Waals surface area (Å²) in [6, 6.07) is 4.95. The largest absolute Gasteiger partial charge is 0.355 e. The lowest BCUT2D eigenvalue weighted by Gasteiger charge is -2.24. The van der Waals surface area contributed by atoms with Crippen molar-refractivity contribution >= 4 is 16.0 Å². The Morgan fingerprint density at radius 3 is 2.80 bits per heavy atom. The molecule has 0 saturated carbocycles. The second kappa shape index (κ2) is 8.14. The van der Waals surface area contributed by atoms with E-state index in [2.05, 4.69) is 15.6 Å². The van der Waals surface area contributed by atoms with Crippen molar-refractivity contribution in [1.29, 1.82) is 0 Å². The molecule has 25 heavy (non-hydrogen) atoms. The molecule has 1 aliphatic heterocycles. The molecule has 1 heterocycles. The fourth-order valence-corrected chi connectivity index (χ4v) is 4.21. The molecule has 1 unspecified atom stereocenters. The van der Waals surface area contributed by atoms with Crippen LogP contribution in [0.4, 0.5) is 4.39 Å². The van der Waals surface area contributed by atoms with E-state index in [-0.39, 0.29) is 17.9 Å². The van der Waals surface area contributed by atoms with Gasteiger partial charge in [-0.2, -0.15) is 4.31 Å². The first kappa shape index (κ1) is 19.7. The molecule has 2 N–H and O–H groups in total. The monoisotopic (exact) mass is 370 g/mol. The Morgan fingerprint density at radius 1 is 1.48 bits per heavy atom. The molecule has 0 spiro atoms. The number of aliphatic imine (C=N–C) groups is 1. The standard InChI is InChI=1S/C17H27FN4O2S/c1-12-7-8-14(10-16(12)18)13(2)21-17(19-3)20-11-15-6-5-9-22(15)25(4,23)24/h7-8,10,13,15H,5-6,9,11H2,1-4H3,(H2,19,20,21)/t13?,15-/m1/s1. The summed E-state index contributed by atoms with van der Waals surface area (Å²) >= 11 is 0. The van der Waals surface area contributed by atoms with Gasteiger partial charge in [-0.05, 0) is 43.9 Å². The lowest BCUT2D eigenvalue weighted by molar-refractivity contribution is 0.387. The predicted octanol–water partition coefficient (Wildman–Crippen LogP) is 1.78. The van der Waals surface area contributed by atoms with Crippen LogP contribution >= 0.6 is 0 Å². The summed E-state index contributed by atoms with van der Waals surface area (Å²) in [4.78, 5) is 4.17. The molecule has 8 heteroatoms. The molecular formula is C17H27FN4O2S. The van der Waals surface area contributed by atoms with Crippen LogP contribution in [-0.4, -0.2) is 51.1 Å². The summed E-state index contributed by atoms with van der Waals surface area (Å²) in [5, 5.41) is 6.39. The number of hydrogen-bond acceptors (Lipinski definition) is 3. The van der Waals surface area contributed by atoms with E-state index in [0.717, 1.165) is 18.4 Å². The zero-order valence-corrected chi connectivity index (χ0v) is 16.0. The van der Waals surface area contributed by atoms with Crippen LogP contribution in [0.1, 0.15) is 36.9 Å². The predicted molar refractivity (Wildman–Crippen MR) is 98.6 cm³/mol. The average Bonchev–Trinajstić information content (AvgIpc) is 3.02. The Labute approximate surface area is 149 Å². The quantitative estimate of drug-likeness (QED) is 0.612. The van der Waals surface area contributed by atoms with Gasteiger partial charge < -0.3 is 10.6 Å². The van der Waals surface area contributed by atoms with Gasteiger partial charge in [-0.15, -0.1) is 0 Å². The molecule has 1 aromatic carbocycles. The Bertz CT molecular complexity index is 736. The molecular weight excluding hydrogens is 343 g/mol. The highest BCUT2D eigenvalue weighted by Crippen LogP contribution is 2.20. The zero-order chi connectivity index (χ0) is 18.6. The van der Waals surface area contributed by atoms with Crippen LogP contribution in [0.3, 0.4) is 0 Å². The minimum atomic E-state index is -3.19. The first-order valence-corrected chi connectivity index (χ1v) is 10.3. The van der Waals surface area contributed by atoms with Gasteiger partial charge in [0.05, 0.1) is 12.3 Å². The third-order valence-electron chi connectivity index (χ3n) is 4.53. The van der Waals surface area contributed by atoms with Crippen LogP contribution in [0.5, 0.6) is 0 Å². The Balaban J connectivity index is 1.95. The maximum absolute atomic E-state index is 13.7. The fraction of sp³-hybridized carbons (Fsp3) is 0.588.